The number of carbonyl (C=O) groups is 2. The molecule has 0 aromatic carbocycles. The standard InChI is InChI=1S/C10H17NO4/c1-10(2,3)15-9(13)11-5-8-4-7(12)6-14-8/h8H,4-6H2,1-3H3,(H,11,13). The number of Topliss-reactive ketones (excluding diaryl/α,β-unsaturated/α-hetero) is 1. The quantitative estimate of drug-likeness (QED) is 0.742. The molecule has 0 spiro atoms. The highest BCUT2D eigenvalue weighted by atomic mass is 16.6. The molecule has 1 atom stereocenters. The lowest BCUT2D eigenvalue weighted by atomic mass is 10.2. The first-order chi connectivity index (χ1) is 6.87. The van der Waals surface area contributed by atoms with E-state index in [4.69, 9.17) is 9.47 Å². The SMILES string of the molecule is CC(C)(C)OC(=O)NCC1CC(=O)CO1. The van der Waals surface area contributed by atoms with Crippen LogP contribution >= 0.6 is 0 Å². The van der Waals surface area contributed by atoms with Crippen molar-refractivity contribution in [2.24, 2.45) is 0 Å². The summed E-state index contributed by atoms with van der Waals surface area (Å²) in [5, 5.41) is 2.56. The molecule has 1 aliphatic rings. The largest absolute Gasteiger partial charge is 0.444 e. The minimum atomic E-state index is -0.504. The summed E-state index contributed by atoms with van der Waals surface area (Å²) in [4.78, 5) is 22.1. The van der Waals surface area contributed by atoms with Crippen molar-refractivity contribution < 1.29 is 19.1 Å². The van der Waals surface area contributed by atoms with Crippen LogP contribution in [0.5, 0.6) is 0 Å². The number of hydrogen-bond donors (Lipinski definition) is 1. The lowest BCUT2D eigenvalue weighted by molar-refractivity contribution is -0.117. The van der Waals surface area contributed by atoms with Gasteiger partial charge in [0.05, 0.1) is 6.10 Å². The Morgan fingerprint density at radius 1 is 1.60 bits per heavy atom. The third kappa shape index (κ3) is 4.78. The van der Waals surface area contributed by atoms with Crippen molar-refractivity contribution in [3.63, 3.8) is 0 Å². The molecule has 5 nitrogen and oxygen atoms in total. The van der Waals surface area contributed by atoms with Crippen molar-refractivity contribution >= 4 is 11.9 Å². The molecule has 1 amide bonds. The van der Waals surface area contributed by atoms with Crippen LogP contribution in [-0.2, 0) is 14.3 Å². The van der Waals surface area contributed by atoms with E-state index >= 15 is 0 Å². The van der Waals surface area contributed by atoms with E-state index in [-0.39, 0.29) is 18.5 Å². The monoisotopic (exact) mass is 215 g/mol. The average molecular weight is 215 g/mol. The lowest BCUT2D eigenvalue weighted by Gasteiger charge is -2.20. The van der Waals surface area contributed by atoms with Gasteiger partial charge in [-0.15, -0.1) is 0 Å². The molecule has 1 unspecified atom stereocenters. The first-order valence-electron chi connectivity index (χ1n) is 4.97. The third-order valence-corrected chi connectivity index (χ3v) is 1.81. The van der Waals surface area contributed by atoms with Gasteiger partial charge in [-0.3, -0.25) is 4.79 Å². The molecule has 0 saturated carbocycles. The Balaban J connectivity index is 2.20. The second-order valence-corrected chi connectivity index (χ2v) is 4.56. The normalized spacial score (nSPS) is 21.5. The Bertz CT molecular complexity index is 257. The summed E-state index contributed by atoms with van der Waals surface area (Å²) in [5.41, 5.74) is -0.504. The van der Waals surface area contributed by atoms with E-state index in [0.29, 0.717) is 13.0 Å². The van der Waals surface area contributed by atoms with E-state index < -0.39 is 11.7 Å². The van der Waals surface area contributed by atoms with Crippen LogP contribution in [0.4, 0.5) is 4.79 Å². The Kier molecular flexibility index (Phi) is 3.68. The van der Waals surface area contributed by atoms with Crippen LogP contribution in [0.25, 0.3) is 0 Å². The van der Waals surface area contributed by atoms with E-state index in [2.05, 4.69) is 5.32 Å². The number of nitrogens with one attached hydrogen (secondary N) is 1. The molecule has 5 heteroatoms. The van der Waals surface area contributed by atoms with Crippen LogP contribution in [0.2, 0.25) is 0 Å². The van der Waals surface area contributed by atoms with Gasteiger partial charge in [-0.1, -0.05) is 0 Å². The van der Waals surface area contributed by atoms with Gasteiger partial charge in [0, 0.05) is 13.0 Å². The molecule has 0 aliphatic carbocycles. The lowest BCUT2D eigenvalue weighted by Crippen LogP contribution is -2.36. The van der Waals surface area contributed by atoms with E-state index in [1.807, 2.05) is 0 Å². The Morgan fingerprint density at radius 3 is 2.73 bits per heavy atom. The number of ketones is 1. The molecule has 1 aliphatic heterocycles. The van der Waals surface area contributed by atoms with Crippen molar-refractivity contribution in [2.75, 3.05) is 13.2 Å². The fraction of sp³-hybridized carbons (Fsp3) is 0.800. The summed E-state index contributed by atoms with van der Waals surface area (Å²) in [7, 11) is 0. The summed E-state index contributed by atoms with van der Waals surface area (Å²) in [6.07, 6.45) is -0.314. The molecule has 1 saturated heterocycles. The molecule has 0 bridgehead atoms. The van der Waals surface area contributed by atoms with Gasteiger partial charge in [0.25, 0.3) is 0 Å². The smallest absolute Gasteiger partial charge is 0.407 e. The predicted octanol–water partition coefficient (Wildman–Crippen LogP) is 0.869. The highest BCUT2D eigenvalue weighted by molar-refractivity contribution is 5.81. The van der Waals surface area contributed by atoms with Gasteiger partial charge in [0.2, 0.25) is 0 Å². The van der Waals surface area contributed by atoms with Gasteiger partial charge in [-0.2, -0.15) is 0 Å². The molecule has 15 heavy (non-hydrogen) atoms. The molecule has 1 heterocycles. The summed E-state index contributed by atoms with van der Waals surface area (Å²) in [5.74, 6) is 0.0750. The van der Waals surface area contributed by atoms with Crippen molar-refractivity contribution in [3.05, 3.63) is 0 Å². The van der Waals surface area contributed by atoms with Gasteiger partial charge in [0.15, 0.2) is 5.78 Å². The van der Waals surface area contributed by atoms with Crippen molar-refractivity contribution in [2.45, 2.75) is 38.9 Å². The number of carbonyl (C=O) groups excluding carboxylic acids is 2. The van der Waals surface area contributed by atoms with Crippen LogP contribution in [0.3, 0.4) is 0 Å². The maximum atomic E-state index is 11.2. The Hall–Kier alpha value is -1.10. The molecule has 1 N–H and O–H groups in total. The molecule has 0 aromatic heterocycles. The van der Waals surface area contributed by atoms with E-state index in [0.717, 1.165) is 0 Å². The van der Waals surface area contributed by atoms with Crippen molar-refractivity contribution in [1.82, 2.24) is 5.32 Å². The second-order valence-electron chi connectivity index (χ2n) is 4.56. The molecule has 1 fully saturated rings. The van der Waals surface area contributed by atoms with Gasteiger partial charge >= 0.3 is 6.09 Å². The zero-order valence-corrected chi connectivity index (χ0v) is 9.33. The minimum absolute atomic E-state index is 0.0750. The number of hydrogen-bond acceptors (Lipinski definition) is 4. The van der Waals surface area contributed by atoms with E-state index in [1.54, 1.807) is 20.8 Å². The van der Waals surface area contributed by atoms with Crippen LogP contribution in [0, 0.1) is 0 Å². The molecule has 1 rings (SSSR count). The summed E-state index contributed by atoms with van der Waals surface area (Å²) in [6, 6.07) is 0. The highest BCUT2D eigenvalue weighted by Gasteiger charge is 2.24. The number of ether oxygens (including phenoxy) is 2. The number of rotatable bonds is 2. The van der Waals surface area contributed by atoms with Gasteiger partial charge in [-0.25, -0.2) is 4.79 Å². The van der Waals surface area contributed by atoms with Crippen molar-refractivity contribution in [1.29, 1.82) is 0 Å². The maximum absolute atomic E-state index is 11.2. The maximum Gasteiger partial charge on any atom is 0.407 e. The third-order valence-electron chi connectivity index (χ3n) is 1.81. The average Bonchev–Trinajstić information content (AvgIpc) is 2.45. The van der Waals surface area contributed by atoms with Crippen molar-refractivity contribution in [3.8, 4) is 0 Å². The first-order valence-corrected chi connectivity index (χ1v) is 4.97. The number of alkyl carbamates (subject to hydrolysis) is 1. The van der Waals surface area contributed by atoms with Crippen LogP contribution < -0.4 is 5.32 Å². The van der Waals surface area contributed by atoms with Crippen LogP contribution in [0.15, 0.2) is 0 Å². The summed E-state index contributed by atoms with van der Waals surface area (Å²) < 4.78 is 10.2. The van der Waals surface area contributed by atoms with E-state index in [9.17, 15) is 9.59 Å². The van der Waals surface area contributed by atoms with Crippen LogP contribution in [-0.4, -0.2) is 36.7 Å². The molecule has 86 valence electrons. The molecular weight excluding hydrogens is 198 g/mol. The molecule has 0 aromatic rings. The Morgan fingerprint density at radius 2 is 2.27 bits per heavy atom. The fourth-order valence-electron chi connectivity index (χ4n) is 1.23. The predicted molar refractivity (Wildman–Crippen MR) is 53.6 cm³/mol. The topological polar surface area (TPSA) is 64.6 Å². The van der Waals surface area contributed by atoms with E-state index in [1.165, 1.54) is 0 Å². The summed E-state index contributed by atoms with van der Waals surface area (Å²) >= 11 is 0. The zero-order valence-electron chi connectivity index (χ0n) is 9.33. The van der Waals surface area contributed by atoms with Crippen LogP contribution in [0.1, 0.15) is 27.2 Å². The first kappa shape index (κ1) is 12.0. The van der Waals surface area contributed by atoms with Gasteiger partial charge in [-0.05, 0) is 20.8 Å². The number of amides is 1. The molecular formula is C10H17NO4. The highest BCUT2D eigenvalue weighted by Crippen LogP contribution is 2.09. The van der Waals surface area contributed by atoms with Gasteiger partial charge < -0.3 is 14.8 Å². The minimum Gasteiger partial charge on any atom is -0.444 e. The Labute approximate surface area is 89.1 Å². The molecule has 0 radical (unpaired) electrons. The second kappa shape index (κ2) is 4.61. The zero-order chi connectivity index (χ0) is 11.5. The summed E-state index contributed by atoms with van der Waals surface area (Å²) in [6.45, 7) is 5.86. The van der Waals surface area contributed by atoms with Gasteiger partial charge in [0.1, 0.15) is 12.2 Å². The fourth-order valence-corrected chi connectivity index (χ4v) is 1.23.